The fourth-order valence-electron chi connectivity index (χ4n) is 3.52. The summed E-state index contributed by atoms with van der Waals surface area (Å²) in [6.07, 6.45) is 5.64. The molecule has 0 heterocycles. The highest BCUT2D eigenvalue weighted by molar-refractivity contribution is 7.90. The summed E-state index contributed by atoms with van der Waals surface area (Å²) in [6, 6.07) is 9.47. The number of rotatable bonds is 17. The molecule has 0 bridgehead atoms. The first kappa shape index (κ1) is 29.6. The topological polar surface area (TPSA) is 209 Å². The zero-order valence-electron chi connectivity index (χ0n) is 20.0. The number of aromatic hydroxyl groups is 2. The molecule has 0 aliphatic heterocycles. The third-order valence-corrected chi connectivity index (χ3v) is 6.27. The van der Waals surface area contributed by atoms with Gasteiger partial charge in [0.05, 0.1) is 11.4 Å². The predicted molar refractivity (Wildman–Crippen MR) is 141 cm³/mol. The molecule has 2 rings (SSSR count). The second kappa shape index (κ2) is 14.2. The molecule has 2 aromatic rings. The SMILES string of the molecule is NS(=O)(=O)Nc1cc(CCNCCCCCCNCCc2ccc(O)c(NS(N)(=O)=O)c2)ccc1O. The number of benzene rings is 2. The maximum Gasteiger partial charge on any atom is 0.296 e. The molecule has 36 heavy (non-hydrogen) atoms. The smallest absolute Gasteiger partial charge is 0.296 e. The van der Waals surface area contributed by atoms with Crippen LogP contribution in [-0.2, 0) is 33.3 Å². The number of nitrogens with two attached hydrogens (primary N) is 2. The fraction of sp³-hybridized carbons (Fsp3) is 0.455. The largest absolute Gasteiger partial charge is 0.506 e. The van der Waals surface area contributed by atoms with Gasteiger partial charge in [0.25, 0.3) is 20.4 Å². The summed E-state index contributed by atoms with van der Waals surface area (Å²) in [5.74, 6) is -0.357. The van der Waals surface area contributed by atoms with E-state index in [0.717, 1.165) is 63.0 Å². The first-order chi connectivity index (χ1) is 16.9. The van der Waals surface area contributed by atoms with E-state index in [4.69, 9.17) is 10.3 Å². The van der Waals surface area contributed by atoms with Crippen LogP contribution < -0.4 is 30.4 Å². The lowest BCUT2D eigenvalue weighted by molar-refractivity contribution is 0.477. The van der Waals surface area contributed by atoms with Crippen molar-refractivity contribution in [3.8, 4) is 11.5 Å². The van der Waals surface area contributed by atoms with E-state index in [9.17, 15) is 27.0 Å². The molecule has 0 spiro atoms. The van der Waals surface area contributed by atoms with Crippen molar-refractivity contribution in [1.29, 1.82) is 0 Å². The van der Waals surface area contributed by atoms with E-state index in [-0.39, 0.29) is 22.9 Å². The Morgan fingerprint density at radius 3 is 1.36 bits per heavy atom. The molecule has 0 fully saturated rings. The fourth-order valence-corrected chi connectivity index (χ4v) is 4.46. The van der Waals surface area contributed by atoms with E-state index in [1.807, 2.05) is 0 Å². The molecule has 202 valence electrons. The van der Waals surface area contributed by atoms with Crippen molar-refractivity contribution in [1.82, 2.24) is 10.6 Å². The lowest BCUT2D eigenvalue weighted by Crippen LogP contribution is -2.22. The summed E-state index contributed by atoms with van der Waals surface area (Å²) in [5.41, 5.74) is 1.88. The van der Waals surface area contributed by atoms with Gasteiger partial charge in [-0.25, -0.2) is 10.3 Å². The molecule has 0 unspecified atom stereocenters. The molecule has 12 nitrogen and oxygen atoms in total. The van der Waals surface area contributed by atoms with Gasteiger partial charge in [0.15, 0.2) is 0 Å². The summed E-state index contributed by atoms with van der Waals surface area (Å²) in [4.78, 5) is 0. The van der Waals surface area contributed by atoms with E-state index < -0.39 is 20.4 Å². The van der Waals surface area contributed by atoms with Gasteiger partial charge in [-0.3, -0.25) is 9.44 Å². The number of unbranched alkanes of at least 4 members (excludes halogenated alkanes) is 3. The maximum absolute atomic E-state index is 11.2. The first-order valence-electron chi connectivity index (χ1n) is 11.6. The summed E-state index contributed by atoms with van der Waals surface area (Å²) < 4.78 is 48.8. The van der Waals surface area contributed by atoms with Gasteiger partial charge in [0.1, 0.15) is 11.5 Å². The van der Waals surface area contributed by atoms with E-state index in [1.165, 1.54) is 12.1 Å². The number of anilines is 2. The lowest BCUT2D eigenvalue weighted by atomic mass is 10.1. The second-order valence-corrected chi connectivity index (χ2v) is 11.0. The van der Waals surface area contributed by atoms with Crippen LogP contribution >= 0.6 is 0 Å². The monoisotopic (exact) mass is 544 g/mol. The van der Waals surface area contributed by atoms with Crippen molar-refractivity contribution in [2.24, 2.45) is 10.3 Å². The Bertz CT molecular complexity index is 1100. The van der Waals surface area contributed by atoms with Gasteiger partial charge in [-0.1, -0.05) is 25.0 Å². The molecule has 0 amide bonds. The summed E-state index contributed by atoms with van der Waals surface area (Å²) in [7, 11) is -7.89. The third-order valence-electron chi connectivity index (χ3n) is 5.26. The minimum Gasteiger partial charge on any atom is -0.506 e. The van der Waals surface area contributed by atoms with E-state index in [0.29, 0.717) is 12.8 Å². The summed E-state index contributed by atoms with van der Waals surface area (Å²) >= 11 is 0. The van der Waals surface area contributed by atoms with Crippen LogP contribution in [0.1, 0.15) is 36.8 Å². The van der Waals surface area contributed by atoms with Crippen LogP contribution in [0.4, 0.5) is 11.4 Å². The minimum atomic E-state index is -3.95. The number of hydrogen-bond acceptors (Lipinski definition) is 8. The Morgan fingerprint density at radius 2 is 1.00 bits per heavy atom. The van der Waals surface area contributed by atoms with Crippen LogP contribution in [0.25, 0.3) is 0 Å². The Morgan fingerprint density at radius 1 is 0.611 bits per heavy atom. The molecule has 0 aliphatic rings. The van der Waals surface area contributed by atoms with Crippen LogP contribution in [-0.4, -0.2) is 53.2 Å². The van der Waals surface area contributed by atoms with Gasteiger partial charge in [-0.2, -0.15) is 16.8 Å². The van der Waals surface area contributed by atoms with Crippen LogP contribution in [0.2, 0.25) is 0 Å². The van der Waals surface area contributed by atoms with Crippen molar-refractivity contribution in [2.75, 3.05) is 35.6 Å². The van der Waals surface area contributed by atoms with Crippen LogP contribution in [0, 0.1) is 0 Å². The molecular weight excluding hydrogens is 508 g/mol. The molecule has 0 atom stereocenters. The second-order valence-electron chi connectivity index (χ2n) is 8.41. The molecule has 0 aromatic heterocycles. The molecule has 2 aromatic carbocycles. The van der Waals surface area contributed by atoms with Crippen molar-refractivity contribution in [3.63, 3.8) is 0 Å². The standard InChI is InChI=1S/C22H36N6O6S2/c23-35(31,32)27-19-15-17(5-7-21(19)29)9-13-25-11-3-1-2-4-12-26-14-10-18-6-8-22(30)20(16-18)28-36(24,33)34/h5-8,15-16,25-30H,1-4,9-14H2,(H2,23,31,32)(H2,24,33,34). The van der Waals surface area contributed by atoms with Gasteiger partial charge in [-0.05, 0) is 87.3 Å². The van der Waals surface area contributed by atoms with E-state index in [1.54, 1.807) is 24.3 Å². The van der Waals surface area contributed by atoms with Crippen LogP contribution in [0.5, 0.6) is 11.5 Å². The number of hydrogen-bond donors (Lipinski definition) is 8. The summed E-state index contributed by atoms with van der Waals surface area (Å²) in [6.45, 7) is 3.22. The molecule has 14 heteroatoms. The van der Waals surface area contributed by atoms with Crippen LogP contribution in [0.15, 0.2) is 36.4 Å². The Labute approximate surface area is 212 Å². The molecule has 0 saturated carbocycles. The molecule has 10 N–H and O–H groups in total. The average molecular weight is 545 g/mol. The van der Waals surface area contributed by atoms with Crippen molar-refractivity contribution >= 4 is 31.8 Å². The highest BCUT2D eigenvalue weighted by Crippen LogP contribution is 2.25. The van der Waals surface area contributed by atoms with Gasteiger partial charge in [0.2, 0.25) is 0 Å². The highest BCUT2D eigenvalue weighted by atomic mass is 32.2. The van der Waals surface area contributed by atoms with E-state index >= 15 is 0 Å². The normalized spacial score (nSPS) is 11.9. The average Bonchev–Trinajstić information content (AvgIpc) is 2.76. The van der Waals surface area contributed by atoms with Gasteiger partial charge in [0, 0.05) is 0 Å². The van der Waals surface area contributed by atoms with Gasteiger partial charge in [-0.15, -0.1) is 0 Å². The third kappa shape index (κ3) is 12.4. The Kier molecular flexibility index (Phi) is 11.7. The van der Waals surface area contributed by atoms with Crippen molar-refractivity contribution in [3.05, 3.63) is 47.5 Å². The number of nitrogens with one attached hydrogen (secondary N) is 4. The quantitative estimate of drug-likeness (QED) is 0.105. The Hall–Kier alpha value is -2.62. The predicted octanol–water partition coefficient (Wildman–Crippen LogP) is 0.853. The zero-order chi connectivity index (χ0) is 26.6. The maximum atomic E-state index is 11.2. The molecule has 0 aliphatic carbocycles. The summed E-state index contributed by atoms with van der Waals surface area (Å²) in [5, 5.41) is 36.1. The number of phenolic OH excluding ortho intramolecular Hbond substituents is 2. The van der Waals surface area contributed by atoms with Gasteiger partial charge < -0.3 is 20.8 Å². The Balaban J connectivity index is 1.51. The molecular formula is C22H36N6O6S2. The minimum absolute atomic E-state index is 0.0653. The first-order valence-corrected chi connectivity index (χ1v) is 14.7. The van der Waals surface area contributed by atoms with Gasteiger partial charge >= 0.3 is 0 Å². The van der Waals surface area contributed by atoms with Crippen LogP contribution in [0.3, 0.4) is 0 Å². The van der Waals surface area contributed by atoms with E-state index in [2.05, 4.69) is 20.1 Å². The number of phenols is 2. The van der Waals surface area contributed by atoms with Crippen molar-refractivity contribution in [2.45, 2.75) is 38.5 Å². The molecule has 0 radical (unpaired) electrons. The molecule has 0 saturated heterocycles. The lowest BCUT2D eigenvalue weighted by Gasteiger charge is -2.10. The highest BCUT2D eigenvalue weighted by Gasteiger charge is 2.09. The van der Waals surface area contributed by atoms with Crippen molar-refractivity contribution < 1.29 is 27.0 Å². The zero-order valence-corrected chi connectivity index (χ0v) is 21.7.